The van der Waals surface area contributed by atoms with E-state index in [2.05, 4.69) is 37.0 Å². The van der Waals surface area contributed by atoms with Crippen LogP contribution in [0.15, 0.2) is 30.5 Å². The van der Waals surface area contributed by atoms with Crippen LogP contribution in [0, 0.1) is 0 Å². The SMILES string of the molecule is C=C(/C=c1/cnc(C(C)C)nc1=C)/C=C/C. The second-order valence-electron chi connectivity index (χ2n) is 4.00. The van der Waals surface area contributed by atoms with Gasteiger partial charge >= 0.3 is 0 Å². The molecule has 2 nitrogen and oxygen atoms in total. The Morgan fingerprint density at radius 1 is 1.44 bits per heavy atom. The van der Waals surface area contributed by atoms with Crippen molar-refractivity contribution in [2.45, 2.75) is 26.7 Å². The van der Waals surface area contributed by atoms with E-state index in [1.807, 2.05) is 25.2 Å². The van der Waals surface area contributed by atoms with Crippen molar-refractivity contribution in [3.8, 4) is 0 Å². The standard InChI is InChI=1S/C14H18N2/c1-6-7-11(4)8-13-9-15-14(10(2)3)16-12(13)5/h6-10H,4-5H2,1-3H3/b7-6+,13-8-. The van der Waals surface area contributed by atoms with Crippen molar-refractivity contribution < 1.29 is 0 Å². The Labute approximate surface area is 96.8 Å². The van der Waals surface area contributed by atoms with Gasteiger partial charge in [-0.1, -0.05) is 39.2 Å². The van der Waals surface area contributed by atoms with Gasteiger partial charge in [-0.15, -0.1) is 0 Å². The molecule has 0 atom stereocenters. The molecular weight excluding hydrogens is 196 g/mol. The molecule has 0 radical (unpaired) electrons. The summed E-state index contributed by atoms with van der Waals surface area (Å²) in [4.78, 5) is 8.67. The summed E-state index contributed by atoms with van der Waals surface area (Å²) < 4.78 is 0. The second-order valence-corrected chi connectivity index (χ2v) is 4.00. The first-order valence-corrected chi connectivity index (χ1v) is 5.39. The lowest BCUT2D eigenvalue weighted by atomic mass is 10.2. The molecule has 0 aliphatic heterocycles. The lowest BCUT2D eigenvalue weighted by molar-refractivity contribution is 0.764. The van der Waals surface area contributed by atoms with Crippen molar-refractivity contribution in [2.75, 3.05) is 0 Å². The van der Waals surface area contributed by atoms with Gasteiger partial charge in [0, 0.05) is 17.3 Å². The van der Waals surface area contributed by atoms with Gasteiger partial charge < -0.3 is 0 Å². The summed E-state index contributed by atoms with van der Waals surface area (Å²) in [6.07, 6.45) is 7.63. The molecule has 0 aliphatic rings. The van der Waals surface area contributed by atoms with Gasteiger partial charge in [0.1, 0.15) is 5.82 Å². The Morgan fingerprint density at radius 2 is 2.12 bits per heavy atom. The fourth-order valence-corrected chi connectivity index (χ4v) is 1.30. The van der Waals surface area contributed by atoms with E-state index in [0.29, 0.717) is 5.92 Å². The summed E-state index contributed by atoms with van der Waals surface area (Å²) in [5.74, 6) is 1.16. The van der Waals surface area contributed by atoms with Crippen LogP contribution < -0.4 is 10.6 Å². The van der Waals surface area contributed by atoms with E-state index < -0.39 is 0 Å². The molecule has 1 rings (SSSR count). The van der Waals surface area contributed by atoms with Gasteiger partial charge in [0.25, 0.3) is 0 Å². The van der Waals surface area contributed by atoms with Crippen LogP contribution in [0.2, 0.25) is 0 Å². The molecule has 16 heavy (non-hydrogen) atoms. The van der Waals surface area contributed by atoms with Crippen molar-refractivity contribution >= 4 is 12.7 Å². The van der Waals surface area contributed by atoms with Crippen LogP contribution in [0.3, 0.4) is 0 Å². The zero-order valence-corrected chi connectivity index (χ0v) is 10.2. The van der Waals surface area contributed by atoms with Crippen LogP contribution in [0.1, 0.15) is 32.5 Å². The van der Waals surface area contributed by atoms with E-state index in [-0.39, 0.29) is 0 Å². The lowest BCUT2D eigenvalue weighted by Gasteiger charge is -2.01. The Morgan fingerprint density at radius 3 is 2.62 bits per heavy atom. The van der Waals surface area contributed by atoms with E-state index in [1.54, 1.807) is 6.20 Å². The third-order valence-electron chi connectivity index (χ3n) is 2.16. The van der Waals surface area contributed by atoms with Crippen molar-refractivity contribution in [1.29, 1.82) is 0 Å². The van der Waals surface area contributed by atoms with Crippen LogP contribution >= 0.6 is 0 Å². The molecule has 1 heterocycles. The summed E-state index contributed by atoms with van der Waals surface area (Å²) in [6, 6.07) is 0. The topological polar surface area (TPSA) is 25.8 Å². The van der Waals surface area contributed by atoms with Gasteiger partial charge in [-0.2, -0.15) is 0 Å². The maximum absolute atomic E-state index is 4.37. The molecule has 1 aromatic rings. The normalized spacial score (nSPS) is 12.6. The average molecular weight is 214 g/mol. The highest BCUT2D eigenvalue weighted by Gasteiger charge is 2.00. The molecule has 0 fully saturated rings. The first kappa shape index (κ1) is 12.4. The Hall–Kier alpha value is -1.70. The van der Waals surface area contributed by atoms with Crippen LogP contribution in [-0.4, -0.2) is 9.97 Å². The van der Waals surface area contributed by atoms with E-state index in [0.717, 1.165) is 22.0 Å². The minimum absolute atomic E-state index is 0.327. The van der Waals surface area contributed by atoms with Crippen molar-refractivity contribution in [2.24, 2.45) is 0 Å². The molecule has 0 aliphatic carbocycles. The number of hydrogen-bond acceptors (Lipinski definition) is 2. The van der Waals surface area contributed by atoms with E-state index >= 15 is 0 Å². The first-order valence-electron chi connectivity index (χ1n) is 5.39. The van der Waals surface area contributed by atoms with Gasteiger partial charge in [-0.05, 0) is 18.6 Å². The summed E-state index contributed by atoms with van der Waals surface area (Å²) in [5, 5.41) is 1.68. The molecule has 0 N–H and O–H groups in total. The molecule has 0 aromatic carbocycles. The minimum Gasteiger partial charge on any atom is -0.240 e. The predicted octanol–water partition coefficient (Wildman–Crippen LogP) is 1.92. The average Bonchev–Trinajstić information content (AvgIpc) is 2.21. The van der Waals surface area contributed by atoms with Crippen LogP contribution in [0.4, 0.5) is 0 Å². The predicted molar refractivity (Wildman–Crippen MR) is 69.3 cm³/mol. The minimum atomic E-state index is 0.327. The molecule has 0 saturated heterocycles. The molecule has 84 valence electrons. The largest absolute Gasteiger partial charge is 0.240 e. The van der Waals surface area contributed by atoms with E-state index in [9.17, 15) is 0 Å². The highest BCUT2D eigenvalue weighted by molar-refractivity contribution is 5.50. The van der Waals surface area contributed by atoms with Gasteiger partial charge in [0.2, 0.25) is 0 Å². The molecule has 0 unspecified atom stereocenters. The zero-order valence-electron chi connectivity index (χ0n) is 10.2. The molecular formula is C14H18N2. The highest BCUT2D eigenvalue weighted by Crippen LogP contribution is 2.03. The van der Waals surface area contributed by atoms with Crippen LogP contribution in [0.5, 0.6) is 0 Å². The first-order chi connectivity index (χ1) is 7.54. The smallest absolute Gasteiger partial charge is 0.131 e. The quantitative estimate of drug-likeness (QED) is 0.718. The van der Waals surface area contributed by atoms with Gasteiger partial charge in [-0.25, -0.2) is 9.97 Å². The number of aromatic nitrogens is 2. The van der Waals surface area contributed by atoms with Crippen molar-refractivity contribution in [3.05, 3.63) is 46.9 Å². The number of nitrogens with zero attached hydrogens (tertiary/aromatic N) is 2. The Kier molecular flexibility index (Phi) is 4.18. The highest BCUT2D eigenvalue weighted by atomic mass is 14.9. The molecule has 1 aromatic heterocycles. The Bertz CT molecular complexity index is 510. The number of rotatable bonds is 3. The maximum atomic E-state index is 4.37. The van der Waals surface area contributed by atoms with Crippen LogP contribution in [0.25, 0.3) is 12.7 Å². The molecule has 0 bridgehead atoms. The molecule has 2 heteroatoms. The fourth-order valence-electron chi connectivity index (χ4n) is 1.30. The summed E-state index contributed by atoms with van der Waals surface area (Å²) in [6.45, 7) is 13.9. The lowest BCUT2D eigenvalue weighted by Crippen LogP contribution is -2.29. The van der Waals surface area contributed by atoms with E-state index in [4.69, 9.17) is 0 Å². The summed E-state index contributed by atoms with van der Waals surface area (Å²) in [5.41, 5.74) is 0.924. The number of hydrogen-bond donors (Lipinski definition) is 0. The maximum Gasteiger partial charge on any atom is 0.131 e. The van der Waals surface area contributed by atoms with Crippen molar-refractivity contribution in [3.63, 3.8) is 0 Å². The molecule has 0 amide bonds. The van der Waals surface area contributed by atoms with Crippen molar-refractivity contribution in [1.82, 2.24) is 9.97 Å². The van der Waals surface area contributed by atoms with Gasteiger partial charge in [-0.3, -0.25) is 0 Å². The van der Waals surface area contributed by atoms with Gasteiger partial charge in [0.15, 0.2) is 0 Å². The summed E-state index contributed by atoms with van der Waals surface area (Å²) in [7, 11) is 0. The van der Waals surface area contributed by atoms with Gasteiger partial charge in [0.05, 0.1) is 5.35 Å². The Balaban J connectivity index is 3.18. The summed E-state index contributed by atoms with van der Waals surface area (Å²) >= 11 is 0. The molecule has 0 spiro atoms. The number of allylic oxidation sites excluding steroid dienone is 3. The monoisotopic (exact) mass is 214 g/mol. The second kappa shape index (κ2) is 5.40. The molecule has 0 saturated carbocycles. The van der Waals surface area contributed by atoms with Crippen LogP contribution in [-0.2, 0) is 0 Å². The fraction of sp³-hybridized carbons (Fsp3) is 0.286. The van der Waals surface area contributed by atoms with E-state index in [1.165, 1.54) is 0 Å². The third kappa shape index (κ3) is 3.16. The zero-order chi connectivity index (χ0) is 12.1. The third-order valence-corrected chi connectivity index (χ3v) is 2.16.